The van der Waals surface area contributed by atoms with E-state index >= 15 is 0 Å². The lowest BCUT2D eigenvalue weighted by Gasteiger charge is -2.12. The molecule has 1 aliphatic heterocycles. The minimum atomic E-state index is 0.349. The molecule has 2 aliphatic rings. The van der Waals surface area contributed by atoms with Crippen molar-refractivity contribution in [1.82, 2.24) is 9.78 Å². The van der Waals surface area contributed by atoms with Gasteiger partial charge in [-0.25, -0.2) is 0 Å². The molecule has 1 aromatic heterocycles. The Kier molecular flexibility index (Phi) is 4.04. The highest BCUT2D eigenvalue weighted by Gasteiger charge is 2.22. The summed E-state index contributed by atoms with van der Waals surface area (Å²) in [5.41, 5.74) is 0. The van der Waals surface area contributed by atoms with E-state index in [1.165, 1.54) is 30.8 Å². The number of ether oxygens (including phenoxy) is 1. The second-order valence-corrected chi connectivity index (χ2v) is 6.74. The monoisotopic (exact) mass is 286 g/mol. The van der Waals surface area contributed by atoms with Gasteiger partial charge in [-0.15, -0.1) is 0 Å². The van der Waals surface area contributed by atoms with Crippen molar-refractivity contribution in [3.63, 3.8) is 0 Å². The number of hydrogen-bond acceptors (Lipinski definition) is 3. The van der Waals surface area contributed by atoms with Crippen LogP contribution >= 0.6 is 23.4 Å². The van der Waals surface area contributed by atoms with Crippen LogP contribution in [0.25, 0.3) is 0 Å². The van der Waals surface area contributed by atoms with Gasteiger partial charge in [-0.1, -0.05) is 11.6 Å². The molecule has 0 spiro atoms. The molecular weight excluding hydrogens is 268 g/mol. The molecule has 0 N–H and O–H groups in total. The van der Waals surface area contributed by atoms with Gasteiger partial charge in [0.1, 0.15) is 0 Å². The molecule has 0 amide bonds. The molecule has 0 aromatic carbocycles. The van der Waals surface area contributed by atoms with E-state index in [0.717, 1.165) is 25.1 Å². The molecule has 1 unspecified atom stereocenters. The highest BCUT2D eigenvalue weighted by Crippen LogP contribution is 2.31. The summed E-state index contributed by atoms with van der Waals surface area (Å²) in [6, 6.07) is 0. The van der Waals surface area contributed by atoms with Crippen molar-refractivity contribution < 1.29 is 4.74 Å². The van der Waals surface area contributed by atoms with Gasteiger partial charge < -0.3 is 4.74 Å². The van der Waals surface area contributed by atoms with Crippen molar-refractivity contribution in [3.05, 3.63) is 11.3 Å². The Labute approximate surface area is 117 Å². The van der Waals surface area contributed by atoms with E-state index in [1.54, 1.807) is 6.20 Å². The average Bonchev–Trinajstić information content (AvgIpc) is 3.08. The molecule has 3 nitrogen and oxygen atoms in total. The number of nitrogens with zero attached hydrogens (tertiary/aromatic N) is 2. The van der Waals surface area contributed by atoms with Gasteiger partial charge in [-0.05, 0) is 49.5 Å². The summed E-state index contributed by atoms with van der Waals surface area (Å²) in [7, 11) is 0. The second kappa shape index (κ2) is 5.74. The lowest BCUT2D eigenvalue weighted by molar-refractivity contribution is 0.210. The molecule has 1 aromatic rings. The Morgan fingerprint density at radius 1 is 1.39 bits per heavy atom. The number of thioether (sulfide) groups is 1. The molecule has 5 heteroatoms. The average molecular weight is 287 g/mol. The Morgan fingerprint density at radius 2 is 2.22 bits per heavy atom. The zero-order valence-corrected chi connectivity index (χ0v) is 12.1. The fourth-order valence-electron chi connectivity index (χ4n) is 2.72. The zero-order chi connectivity index (χ0) is 12.4. The first-order valence-corrected chi connectivity index (χ1v) is 8.32. The number of aromatic nitrogens is 2. The first kappa shape index (κ1) is 12.7. The van der Waals surface area contributed by atoms with Crippen LogP contribution < -0.4 is 4.74 Å². The van der Waals surface area contributed by atoms with Crippen molar-refractivity contribution in [2.24, 2.45) is 5.92 Å². The fourth-order valence-corrected chi connectivity index (χ4v) is 4.20. The van der Waals surface area contributed by atoms with E-state index in [4.69, 9.17) is 16.3 Å². The molecule has 2 heterocycles. The van der Waals surface area contributed by atoms with Crippen LogP contribution in [-0.2, 0) is 6.54 Å². The van der Waals surface area contributed by atoms with Crippen LogP contribution in [-0.4, -0.2) is 27.4 Å². The van der Waals surface area contributed by atoms with Crippen LogP contribution in [0.4, 0.5) is 0 Å². The highest BCUT2D eigenvalue weighted by molar-refractivity contribution is 7.99. The summed E-state index contributed by atoms with van der Waals surface area (Å²) in [5, 5.41) is 5.05. The Balaban J connectivity index is 1.63. The molecular formula is C13H19ClN2OS. The number of halogens is 1. The quantitative estimate of drug-likeness (QED) is 0.846. The van der Waals surface area contributed by atoms with E-state index in [9.17, 15) is 0 Å². The molecule has 3 rings (SSSR count). The molecule has 0 bridgehead atoms. The van der Waals surface area contributed by atoms with E-state index in [2.05, 4.69) is 5.10 Å². The standard InChI is InChI=1S/C13H19ClN2OS/c14-13-12(17-11-3-1-2-4-11)7-15-16(13)8-10-5-6-18-9-10/h7,10-11H,1-6,8-9H2. The smallest absolute Gasteiger partial charge is 0.176 e. The van der Waals surface area contributed by atoms with E-state index in [-0.39, 0.29) is 0 Å². The van der Waals surface area contributed by atoms with Gasteiger partial charge in [0, 0.05) is 6.54 Å². The molecule has 18 heavy (non-hydrogen) atoms. The van der Waals surface area contributed by atoms with Crippen LogP contribution in [0.5, 0.6) is 5.75 Å². The molecule has 1 aliphatic carbocycles. The molecule has 1 saturated carbocycles. The van der Waals surface area contributed by atoms with Gasteiger partial charge in [-0.2, -0.15) is 16.9 Å². The largest absolute Gasteiger partial charge is 0.486 e. The lowest BCUT2D eigenvalue weighted by atomic mass is 10.1. The van der Waals surface area contributed by atoms with Crippen molar-refractivity contribution in [2.75, 3.05) is 11.5 Å². The predicted octanol–water partition coefficient (Wildman–Crippen LogP) is 3.61. The molecule has 100 valence electrons. The predicted molar refractivity (Wildman–Crippen MR) is 75.6 cm³/mol. The van der Waals surface area contributed by atoms with Gasteiger partial charge in [0.05, 0.1) is 12.3 Å². The molecule has 0 radical (unpaired) electrons. The molecule has 1 atom stereocenters. The fraction of sp³-hybridized carbons (Fsp3) is 0.769. The van der Waals surface area contributed by atoms with Crippen molar-refractivity contribution in [3.8, 4) is 5.75 Å². The van der Waals surface area contributed by atoms with E-state index in [1.807, 2.05) is 16.4 Å². The first-order valence-electron chi connectivity index (χ1n) is 6.78. The third-order valence-corrected chi connectivity index (χ3v) is 5.41. The van der Waals surface area contributed by atoms with Gasteiger partial charge in [0.25, 0.3) is 0 Å². The van der Waals surface area contributed by atoms with Gasteiger partial charge in [-0.3, -0.25) is 4.68 Å². The van der Waals surface area contributed by atoms with Crippen LogP contribution in [0.3, 0.4) is 0 Å². The summed E-state index contributed by atoms with van der Waals surface area (Å²) in [6.07, 6.45) is 8.26. The van der Waals surface area contributed by atoms with Gasteiger partial charge >= 0.3 is 0 Å². The van der Waals surface area contributed by atoms with Crippen LogP contribution in [0.2, 0.25) is 5.15 Å². The van der Waals surface area contributed by atoms with Crippen LogP contribution in [0.1, 0.15) is 32.1 Å². The number of hydrogen-bond donors (Lipinski definition) is 0. The maximum Gasteiger partial charge on any atom is 0.176 e. The molecule has 1 saturated heterocycles. The SMILES string of the molecule is Clc1c(OC2CCCC2)cnn1CC1CCSC1. The van der Waals surface area contributed by atoms with Crippen molar-refractivity contribution in [2.45, 2.75) is 44.8 Å². The minimum Gasteiger partial charge on any atom is -0.486 e. The summed E-state index contributed by atoms with van der Waals surface area (Å²) < 4.78 is 7.84. The summed E-state index contributed by atoms with van der Waals surface area (Å²) in [6.45, 7) is 0.930. The van der Waals surface area contributed by atoms with Gasteiger partial charge in [0.15, 0.2) is 10.9 Å². The van der Waals surface area contributed by atoms with Crippen molar-refractivity contribution in [1.29, 1.82) is 0 Å². The third-order valence-electron chi connectivity index (χ3n) is 3.80. The molecule has 2 fully saturated rings. The maximum atomic E-state index is 6.35. The van der Waals surface area contributed by atoms with Crippen LogP contribution in [0, 0.1) is 5.92 Å². The van der Waals surface area contributed by atoms with Crippen molar-refractivity contribution >= 4 is 23.4 Å². The van der Waals surface area contributed by atoms with E-state index < -0.39 is 0 Å². The van der Waals surface area contributed by atoms with Gasteiger partial charge in [0.2, 0.25) is 0 Å². The lowest BCUT2D eigenvalue weighted by Crippen LogP contribution is -2.12. The summed E-state index contributed by atoms with van der Waals surface area (Å²) >= 11 is 8.37. The zero-order valence-electron chi connectivity index (χ0n) is 10.5. The highest BCUT2D eigenvalue weighted by atomic mass is 35.5. The second-order valence-electron chi connectivity index (χ2n) is 5.24. The first-order chi connectivity index (χ1) is 8.83. The minimum absolute atomic E-state index is 0.349. The van der Waals surface area contributed by atoms with E-state index in [0.29, 0.717) is 17.2 Å². The number of rotatable bonds is 4. The summed E-state index contributed by atoms with van der Waals surface area (Å²) in [4.78, 5) is 0. The maximum absolute atomic E-state index is 6.35. The summed E-state index contributed by atoms with van der Waals surface area (Å²) in [5.74, 6) is 3.99. The normalized spacial score (nSPS) is 24.8. The van der Waals surface area contributed by atoms with Crippen LogP contribution in [0.15, 0.2) is 6.20 Å². The third kappa shape index (κ3) is 2.80. The topological polar surface area (TPSA) is 27.1 Å². The Hall–Kier alpha value is -0.350. The Morgan fingerprint density at radius 3 is 2.94 bits per heavy atom. The Bertz CT molecular complexity index is 362.